The van der Waals surface area contributed by atoms with Crippen LogP contribution in [0.1, 0.15) is 41.0 Å². The fourth-order valence-electron chi connectivity index (χ4n) is 1.82. The Kier molecular flexibility index (Phi) is 4.48. The SMILES string of the molecule is CC(C)(C)C(C)(C)CNC(=O)N1CCC(C(=O)O)C1. The van der Waals surface area contributed by atoms with Crippen LogP contribution in [0.15, 0.2) is 0 Å². The van der Waals surface area contributed by atoms with E-state index in [9.17, 15) is 9.59 Å². The lowest BCUT2D eigenvalue weighted by Gasteiger charge is -2.39. The van der Waals surface area contributed by atoms with Crippen molar-refractivity contribution in [3.8, 4) is 0 Å². The van der Waals surface area contributed by atoms with Gasteiger partial charge in [-0.2, -0.15) is 0 Å². The number of urea groups is 1. The highest BCUT2D eigenvalue weighted by atomic mass is 16.4. The van der Waals surface area contributed by atoms with Gasteiger partial charge in [0, 0.05) is 19.6 Å². The average molecular weight is 270 g/mol. The number of carbonyl (C=O) groups is 2. The normalized spacial score (nSPS) is 20.5. The van der Waals surface area contributed by atoms with E-state index in [1.54, 1.807) is 4.90 Å². The summed E-state index contributed by atoms with van der Waals surface area (Å²) < 4.78 is 0. The summed E-state index contributed by atoms with van der Waals surface area (Å²) >= 11 is 0. The van der Waals surface area contributed by atoms with Crippen molar-refractivity contribution in [3.63, 3.8) is 0 Å². The zero-order chi connectivity index (χ0) is 14.8. The molecule has 1 aliphatic heterocycles. The summed E-state index contributed by atoms with van der Waals surface area (Å²) in [5.74, 6) is -1.23. The highest BCUT2D eigenvalue weighted by Gasteiger charge is 2.35. The van der Waals surface area contributed by atoms with Gasteiger partial charge in [0.2, 0.25) is 0 Å². The molecule has 0 saturated carbocycles. The van der Waals surface area contributed by atoms with Crippen molar-refractivity contribution < 1.29 is 14.7 Å². The van der Waals surface area contributed by atoms with E-state index in [1.165, 1.54) is 0 Å². The molecule has 0 aromatic carbocycles. The van der Waals surface area contributed by atoms with Crippen molar-refractivity contribution in [2.75, 3.05) is 19.6 Å². The van der Waals surface area contributed by atoms with Crippen LogP contribution in [-0.2, 0) is 4.79 Å². The van der Waals surface area contributed by atoms with Crippen LogP contribution in [0.2, 0.25) is 0 Å². The third-order valence-corrected chi connectivity index (χ3v) is 4.54. The molecular formula is C14H26N2O3. The minimum Gasteiger partial charge on any atom is -0.481 e. The standard InChI is InChI=1S/C14H26N2O3/c1-13(2,3)14(4,5)9-15-12(19)16-7-6-10(8-16)11(17)18/h10H,6-9H2,1-5H3,(H,15,19)(H,17,18). The number of likely N-dealkylation sites (tertiary alicyclic amines) is 1. The van der Waals surface area contributed by atoms with E-state index in [2.05, 4.69) is 39.9 Å². The number of amides is 2. The van der Waals surface area contributed by atoms with Crippen LogP contribution in [-0.4, -0.2) is 41.6 Å². The Bertz CT molecular complexity index is 358. The molecule has 0 aromatic heterocycles. The molecule has 5 heteroatoms. The van der Waals surface area contributed by atoms with Gasteiger partial charge in [0.25, 0.3) is 0 Å². The Morgan fingerprint density at radius 1 is 1.26 bits per heavy atom. The number of carboxylic acids is 1. The molecule has 110 valence electrons. The third-order valence-electron chi connectivity index (χ3n) is 4.54. The van der Waals surface area contributed by atoms with Crippen LogP contribution in [0.3, 0.4) is 0 Å². The van der Waals surface area contributed by atoms with Gasteiger partial charge in [-0.1, -0.05) is 34.6 Å². The summed E-state index contributed by atoms with van der Waals surface area (Å²) in [4.78, 5) is 24.5. The van der Waals surface area contributed by atoms with E-state index in [0.29, 0.717) is 26.1 Å². The maximum Gasteiger partial charge on any atom is 0.317 e. The van der Waals surface area contributed by atoms with Gasteiger partial charge in [-0.15, -0.1) is 0 Å². The highest BCUT2D eigenvalue weighted by Crippen LogP contribution is 2.37. The van der Waals surface area contributed by atoms with Gasteiger partial charge in [0.1, 0.15) is 0 Å². The first kappa shape index (κ1) is 15.8. The van der Waals surface area contributed by atoms with Gasteiger partial charge in [0.15, 0.2) is 0 Å². The van der Waals surface area contributed by atoms with Crippen LogP contribution in [0, 0.1) is 16.7 Å². The topological polar surface area (TPSA) is 69.6 Å². The summed E-state index contributed by atoms with van der Waals surface area (Å²) in [7, 11) is 0. The molecular weight excluding hydrogens is 244 g/mol. The van der Waals surface area contributed by atoms with E-state index >= 15 is 0 Å². The summed E-state index contributed by atoms with van der Waals surface area (Å²) in [5, 5.41) is 11.8. The molecule has 2 N–H and O–H groups in total. The number of nitrogens with zero attached hydrogens (tertiary/aromatic N) is 1. The van der Waals surface area contributed by atoms with Crippen molar-refractivity contribution in [2.24, 2.45) is 16.7 Å². The van der Waals surface area contributed by atoms with Gasteiger partial charge < -0.3 is 15.3 Å². The highest BCUT2D eigenvalue weighted by molar-refractivity contribution is 5.77. The molecule has 0 aliphatic carbocycles. The molecule has 1 heterocycles. The van der Waals surface area contributed by atoms with Crippen molar-refractivity contribution >= 4 is 12.0 Å². The molecule has 0 bridgehead atoms. The predicted octanol–water partition coefficient (Wildman–Crippen LogP) is 2.17. The lowest BCUT2D eigenvalue weighted by molar-refractivity contribution is -0.141. The smallest absolute Gasteiger partial charge is 0.317 e. The number of rotatable bonds is 3. The van der Waals surface area contributed by atoms with E-state index in [-0.39, 0.29) is 16.9 Å². The number of aliphatic carboxylic acids is 1. The molecule has 0 aromatic rings. The van der Waals surface area contributed by atoms with Crippen LogP contribution >= 0.6 is 0 Å². The van der Waals surface area contributed by atoms with Crippen molar-refractivity contribution in [1.29, 1.82) is 0 Å². The maximum atomic E-state index is 12.0. The average Bonchev–Trinajstić information content (AvgIpc) is 2.73. The van der Waals surface area contributed by atoms with Gasteiger partial charge in [-0.25, -0.2) is 4.79 Å². The summed E-state index contributed by atoms with van der Waals surface area (Å²) in [6.07, 6.45) is 0.547. The molecule has 0 spiro atoms. The number of nitrogens with one attached hydrogen (secondary N) is 1. The largest absolute Gasteiger partial charge is 0.481 e. The van der Waals surface area contributed by atoms with Gasteiger partial charge >= 0.3 is 12.0 Å². The first-order chi connectivity index (χ1) is 8.54. The summed E-state index contributed by atoms with van der Waals surface area (Å²) in [6.45, 7) is 12.1. The first-order valence-corrected chi connectivity index (χ1v) is 6.80. The van der Waals surface area contributed by atoms with Crippen LogP contribution in [0.4, 0.5) is 4.79 Å². The minimum absolute atomic E-state index is 0.0193. The molecule has 19 heavy (non-hydrogen) atoms. The Hall–Kier alpha value is -1.26. The van der Waals surface area contributed by atoms with Gasteiger partial charge in [-0.3, -0.25) is 4.79 Å². The Balaban J connectivity index is 2.47. The van der Waals surface area contributed by atoms with Crippen LogP contribution < -0.4 is 5.32 Å². The molecule has 1 rings (SSSR count). The molecule has 5 nitrogen and oxygen atoms in total. The second-order valence-corrected chi connectivity index (χ2v) is 7.06. The molecule has 0 radical (unpaired) electrons. The lowest BCUT2D eigenvalue weighted by Crippen LogP contribution is -2.46. The fraction of sp³-hybridized carbons (Fsp3) is 0.857. The number of hydrogen-bond donors (Lipinski definition) is 2. The third kappa shape index (κ3) is 3.85. The van der Waals surface area contributed by atoms with Crippen LogP contribution in [0.25, 0.3) is 0 Å². The lowest BCUT2D eigenvalue weighted by atomic mass is 9.69. The van der Waals surface area contributed by atoms with E-state index in [0.717, 1.165) is 0 Å². The minimum atomic E-state index is -0.815. The summed E-state index contributed by atoms with van der Waals surface area (Å²) in [5.41, 5.74) is 0.0729. The molecule has 1 aliphatic rings. The van der Waals surface area contributed by atoms with Crippen molar-refractivity contribution in [2.45, 2.75) is 41.0 Å². The quantitative estimate of drug-likeness (QED) is 0.825. The predicted molar refractivity (Wildman–Crippen MR) is 74.0 cm³/mol. The van der Waals surface area contributed by atoms with Crippen molar-refractivity contribution in [1.82, 2.24) is 10.2 Å². The number of carboxylic acid groups (broad SMARTS) is 1. The zero-order valence-electron chi connectivity index (χ0n) is 12.6. The maximum absolute atomic E-state index is 12.0. The zero-order valence-corrected chi connectivity index (χ0v) is 12.6. The van der Waals surface area contributed by atoms with E-state index in [1.807, 2.05) is 0 Å². The fourth-order valence-corrected chi connectivity index (χ4v) is 1.82. The van der Waals surface area contributed by atoms with Gasteiger partial charge in [0.05, 0.1) is 5.92 Å². The Morgan fingerprint density at radius 2 is 1.84 bits per heavy atom. The molecule has 1 atom stereocenters. The van der Waals surface area contributed by atoms with E-state index in [4.69, 9.17) is 5.11 Å². The second-order valence-electron chi connectivity index (χ2n) is 7.06. The molecule has 1 saturated heterocycles. The number of hydrogen-bond acceptors (Lipinski definition) is 2. The Labute approximate surface area is 115 Å². The number of carbonyl (C=O) groups excluding carboxylic acids is 1. The van der Waals surface area contributed by atoms with Crippen LogP contribution in [0.5, 0.6) is 0 Å². The Morgan fingerprint density at radius 3 is 2.26 bits per heavy atom. The summed E-state index contributed by atoms with van der Waals surface area (Å²) in [6, 6.07) is -0.152. The van der Waals surface area contributed by atoms with Crippen molar-refractivity contribution in [3.05, 3.63) is 0 Å². The van der Waals surface area contributed by atoms with E-state index < -0.39 is 11.9 Å². The second kappa shape index (κ2) is 5.39. The molecule has 2 amide bonds. The first-order valence-electron chi connectivity index (χ1n) is 6.80. The molecule has 1 unspecified atom stereocenters. The monoisotopic (exact) mass is 270 g/mol. The molecule has 1 fully saturated rings. The van der Waals surface area contributed by atoms with Gasteiger partial charge in [-0.05, 0) is 17.3 Å².